The highest BCUT2D eigenvalue weighted by Crippen LogP contribution is 2.29. The Labute approximate surface area is 110 Å². The second-order valence-electron chi connectivity index (χ2n) is 4.72. The molecule has 4 heteroatoms. The molecule has 0 spiro atoms. The van der Waals surface area contributed by atoms with E-state index in [0.29, 0.717) is 25.9 Å². The fourth-order valence-corrected chi connectivity index (χ4v) is 2.51. The number of nitrogens with zero attached hydrogens (tertiary/aromatic N) is 1. The van der Waals surface area contributed by atoms with Gasteiger partial charge in [0.2, 0.25) is 0 Å². The van der Waals surface area contributed by atoms with Crippen molar-refractivity contribution in [1.29, 1.82) is 0 Å². The summed E-state index contributed by atoms with van der Waals surface area (Å²) >= 11 is 3.36. The van der Waals surface area contributed by atoms with Crippen LogP contribution in [0.25, 0.3) is 0 Å². The molecule has 1 aromatic rings. The van der Waals surface area contributed by atoms with Gasteiger partial charge in [-0.15, -0.1) is 0 Å². The zero-order valence-corrected chi connectivity index (χ0v) is 11.6. The maximum atomic E-state index is 10.6. The molecule has 1 aliphatic rings. The molecule has 0 amide bonds. The van der Waals surface area contributed by atoms with Crippen LogP contribution in [-0.2, 0) is 11.2 Å². The Morgan fingerprint density at radius 3 is 3.06 bits per heavy atom. The third-order valence-corrected chi connectivity index (χ3v) is 3.75. The second-order valence-corrected chi connectivity index (χ2v) is 5.64. The van der Waals surface area contributed by atoms with Crippen LogP contribution in [0.4, 0.5) is 0 Å². The highest BCUT2D eigenvalue weighted by molar-refractivity contribution is 9.10. The minimum Gasteiger partial charge on any atom is -0.389 e. The minimum absolute atomic E-state index is 0.184. The van der Waals surface area contributed by atoms with Crippen molar-refractivity contribution in [2.45, 2.75) is 44.3 Å². The van der Waals surface area contributed by atoms with Gasteiger partial charge in [0, 0.05) is 35.8 Å². The lowest BCUT2D eigenvalue weighted by Crippen LogP contribution is -2.42. The van der Waals surface area contributed by atoms with Crippen molar-refractivity contribution in [2.24, 2.45) is 0 Å². The summed E-state index contributed by atoms with van der Waals surface area (Å²) in [7, 11) is 0. The molecule has 0 radical (unpaired) electrons. The van der Waals surface area contributed by atoms with Gasteiger partial charge in [-0.2, -0.15) is 0 Å². The Morgan fingerprint density at radius 1 is 1.59 bits per heavy atom. The van der Waals surface area contributed by atoms with Crippen LogP contribution in [0.1, 0.15) is 31.9 Å². The number of aliphatic hydroxyl groups is 1. The molecule has 3 nitrogen and oxygen atoms in total. The van der Waals surface area contributed by atoms with Gasteiger partial charge in [-0.1, -0.05) is 6.92 Å². The van der Waals surface area contributed by atoms with Gasteiger partial charge in [-0.05, 0) is 40.9 Å². The number of ether oxygens (including phenoxy) is 1. The van der Waals surface area contributed by atoms with Gasteiger partial charge in [-0.25, -0.2) is 0 Å². The van der Waals surface area contributed by atoms with Crippen LogP contribution in [0, 0.1) is 0 Å². The van der Waals surface area contributed by atoms with E-state index in [1.165, 1.54) is 0 Å². The fourth-order valence-electron chi connectivity index (χ4n) is 2.27. The van der Waals surface area contributed by atoms with E-state index in [1.54, 1.807) is 6.20 Å². The molecular formula is C13H18BrNO2. The van der Waals surface area contributed by atoms with Gasteiger partial charge < -0.3 is 9.84 Å². The van der Waals surface area contributed by atoms with E-state index >= 15 is 0 Å². The summed E-state index contributed by atoms with van der Waals surface area (Å²) in [6, 6.07) is 3.92. The standard InChI is InChI=1S/C13H18BrNO2/c1-2-12-8-13(16,5-6-17-12)7-11-4-3-10(14)9-15-11/h3-4,9,12,16H,2,5-8H2,1H3. The average Bonchev–Trinajstić information content (AvgIpc) is 2.32. The van der Waals surface area contributed by atoms with Crippen LogP contribution < -0.4 is 0 Å². The van der Waals surface area contributed by atoms with Crippen LogP contribution in [0.15, 0.2) is 22.8 Å². The monoisotopic (exact) mass is 299 g/mol. The van der Waals surface area contributed by atoms with Crippen molar-refractivity contribution in [3.8, 4) is 0 Å². The Hall–Kier alpha value is -0.450. The predicted molar refractivity (Wildman–Crippen MR) is 69.9 cm³/mol. The van der Waals surface area contributed by atoms with Crippen molar-refractivity contribution in [3.05, 3.63) is 28.5 Å². The molecule has 0 aliphatic carbocycles. The summed E-state index contributed by atoms with van der Waals surface area (Å²) in [6.45, 7) is 2.74. The van der Waals surface area contributed by atoms with Crippen molar-refractivity contribution < 1.29 is 9.84 Å². The van der Waals surface area contributed by atoms with Crippen LogP contribution in [0.2, 0.25) is 0 Å². The topological polar surface area (TPSA) is 42.4 Å². The first-order valence-corrected chi connectivity index (χ1v) is 6.85. The van der Waals surface area contributed by atoms with Crippen molar-refractivity contribution in [2.75, 3.05) is 6.61 Å². The molecule has 2 unspecified atom stereocenters. The Kier molecular flexibility index (Phi) is 4.17. The van der Waals surface area contributed by atoms with E-state index in [-0.39, 0.29) is 6.10 Å². The number of hydrogen-bond donors (Lipinski definition) is 1. The maximum absolute atomic E-state index is 10.6. The molecule has 1 N–H and O–H groups in total. The van der Waals surface area contributed by atoms with E-state index in [1.807, 2.05) is 12.1 Å². The van der Waals surface area contributed by atoms with Gasteiger partial charge in [0.05, 0.1) is 11.7 Å². The molecular weight excluding hydrogens is 282 g/mol. The SMILES string of the molecule is CCC1CC(O)(Cc2ccc(Br)cn2)CCO1. The first kappa shape index (κ1) is 13.0. The molecule has 1 fully saturated rings. The summed E-state index contributed by atoms with van der Waals surface area (Å²) in [5.74, 6) is 0. The summed E-state index contributed by atoms with van der Waals surface area (Å²) in [5.41, 5.74) is 0.284. The fraction of sp³-hybridized carbons (Fsp3) is 0.615. The first-order valence-electron chi connectivity index (χ1n) is 6.06. The molecule has 1 aromatic heterocycles. The highest BCUT2D eigenvalue weighted by Gasteiger charge is 2.34. The van der Waals surface area contributed by atoms with E-state index in [4.69, 9.17) is 4.74 Å². The molecule has 94 valence electrons. The number of rotatable bonds is 3. The number of halogens is 1. The minimum atomic E-state index is -0.653. The van der Waals surface area contributed by atoms with E-state index < -0.39 is 5.60 Å². The largest absolute Gasteiger partial charge is 0.389 e. The quantitative estimate of drug-likeness (QED) is 0.933. The van der Waals surface area contributed by atoms with Crippen LogP contribution in [0.5, 0.6) is 0 Å². The zero-order valence-electron chi connectivity index (χ0n) is 10.0. The molecule has 1 aliphatic heterocycles. The molecule has 2 rings (SSSR count). The molecule has 1 saturated heterocycles. The van der Waals surface area contributed by atoms with Crippen LogP contribution >= 0.6 is 15.9 Å². The van der Waals surface area contributed by atoms with Gasteiger partial charge in [-0.3, -0.25) is 4.98 Å². The van der Waals surface area contributed by atoms with E-state index in [9.17, 15) is 5.11 Å². The summed E-state index contributed by atoms with van der Waals surface area (Å²) in [4.78, 5) is 4.32. The lowest BCUT2D eigenvalue weighted by molar-refractivity contribution is -0.103. The summed E-state index contributed by atoms with van der Waals surface area (Å²) in [6.07, 6.45) is 4.93. The molecule has 17 heavy (non-hydrogen) atoms. The molecule has 0 bridgehead atoms. The lowest BCUT2D eigenvalue weighted by atomic mass is 9.85. The van der Waals surface area contributed by atoms with Gasteiger partial charge in [0.15, 0.2) is 0 Å². The van der Waals surface area contributed by atoms with Crippen LogP contribution in [-0.4, -0.2) is 28.4 Å². The maximum Gasteiger partial charge on any atom is 0.0749 e. The third-order valence-electron chi connectivity index (χ3n) is 3.28. The Morgan fingerprint density at radius 2 is 2.41 bits per heavy atom. The Bertz CT molecular complexity index is 368. The third kappa shape index (κ3) is 3.50. The number of aromatic nitrogens is 1. The van der Waals surface area contributed by atoms with Gasteiger partial charge >= 0.3 is 0 Å². The molecule has 2 heterocycles. The normalized spacial score (nSPS) is 29.2. The van der Waals surface area contributed by atoms with Crippen molar-refractivity contribution >= 4 is 15.9 Å². The highest BCUT2D eigenvalue weighted by atomic mass is 79.9. The molecule has 0 aromatic carbocycles. The van der Waals surface area contributed by atoms with E-state index in [2.05, 4.69) is 27.8 Å². The predicted octanol–water partition coefficient (Wildman–Crippen LogP) is 2.71. The van der Waals surface area contributed by atoms with Crippen molar-refractivity contribution in [3.63, 3.8) is 0 Å². The van der Waals surface area contributed by atoms with Crippen LogP contribution in [0.3, 0.4) is 0 Å². The smallest absolute Gasteiger partial charge is 0.0749 e. The van der Waals surface area contributed by atoms with Gasteiger partial charge in [0.25, 0.3) is 0 Å². The second kappa shape index (κ2) is 5.46. The first-order chi connectivity index (χ1) is 8.11. The molecule has 0 saturated carbocycles. The number of pyridine rings is 1. The zero-order chi connectivity index (χ0) is 12.3. The van der Waals surface area contributed by atoms with Gasteiger partial charge in [0.1, 0.15) is 0 Å². The summed E-state index contributed by atoms with van der Waals surface area (Å²) < 4.78 is 6.56. The summed E-state index contributed by atoms with van der Waals surface area (Å²) in [5, 5.41) is 10.6. The molecule has 2 atom stereocenters. The Balaban J connectivity index is 2.03. The lowest BCUT2D eigenvalue weighted by Gasteiger charge is -2.36. The average molecular weight is 300 g/mol. The van der Waals surface area contributed by atoms with E-state index in [0.717, 1.165) is 16.6 Å². The van der Waals surface area contributed by atoms with Crippen molar-refractivity contribution in [1.82, 2.24) is 4.98 Å². The number of hydrogen-bond acceptors (Lipinski definition) is 3.